The van der Waals surface area contributed by atoms with Gasteiger partial charge in [-0.3, -0.25) is 9.48 Å². The minimum absolute atomic E-state index is 0.139. The summed E-state index contributed by atoms with van der Waals surface area (Å²) in [7, 11) is 4.37. The number of carbonyl (C=O) groups is 1. The number of aryl methyl sites for hydroxylation is 1. The number of aromatic nitrogens is 2. The highest BCUT2D eigenvalue weighted by Crippen LogP contribution is 2.57. The number of ether oxygens (including phenoxy) is 1. The predicted molar refractivity (Wildman–Crippen MR) is 80.7 cm³/mol. The second kappa shape index (κ2) is 6.40. The highest BCUT2D eigenvalue weighted by Gasteiger charge is 2.52. The summed E-state index contributed by atoms with van der Waals surface area (Å²) in [6.45, 7) is 6.17. The van der Waals surface area contributed by atoms with Gasteiger partial charge in [0.05, 0.1) is 0 Å². The Hall–Kier alpha value is -1.01. The van der Waals surface area contributed by atoms with Crippen LogP contribution in [0.3, 0.4) is 0 Å². The third-order valence-electron chi connectivity index (χ3n) is 3.21. The molecule has 0 saturated heterocycles. The third kappa shape index (κ3) is 3.11. The normalized spacial score (nSPS) is 15.2. The monoisotopic (exact) mass is 317 g/mol. The predicted octanol–water partition coefficient (Wildman–Crippen LogP) is 1.61. The molecular weight excluding hydrogens is 293 g/mol. The number of methoxy groups -OCH3 is 1. The molecule has 0 saturated carbocycles. The molecule has 0 aliphatic rings. The molecule has 0 fully saturated rings. The Balaban J connectivity index is 3.51. The van der Waals surface area contributed by atoms with Crippen molar-refractivity contribution >= 4 is 14.3 Å². The van der Waals surface area contributed by atoms with Gasteiger partial charge in [0.15, 0.2) is 0 Å². The molecule has 0 aromatic carbocycles. The largest absolute Gasteiger partial charge is 0.366 e. The lowest BCUT2D eigenvalue weighted by molar-refractivity contribution is -0.133. The van der Waals surface area contributed by atoms with Crippen LogP contribution in [0.25, 0.3) is 0 Å². The molecule has 0 spiro atoms. The van der Waals surface area contributed by atoms with Gasteiger partial charge in [0.1, 0.15) is 5.69 Å². The van der Waals surface area contributed by atoms with Gasteiger partial charge >= 0.3 is 0 Å². The second-order valence-corrected chi connectivity index (χ2v) is 7.50. The molecule has 21 heavy (non-hydrogen) atoms. The Bertz CT molecular complexity index is 508. The molecule has 0 bridgehead atoms. The van der Waals surface area contributed by atoms with E-state index in [9.17, 15) is 4.79 Å². The first-order valence-corrected chi connectivity index (χ1v) is 7.61. The number of rotatable bonds is 6. The number of nitrogens with zero attached hydrogens (tertiary/aromatic N) is 2. The fraction of sp³-hybridized carbons (Fsp3) is 0.692. The van der Waals surface area contributed by atoms with Gasteiger partial charge < -0.3 is 19.5 Å². The first-order chi connectivity index (χ1) is 9.64. The summed E-state index contributed by atoms with van der Waals surface area (Å²) in [6, 6.07) is 1.81. The second-order valence-electron chi connectivity index (χ2n) is 5.62. The minimum atomic E-state index is -1.73. The van der Waals surface area contributed by atoms with E-state index in [1.165, 1.54) is 21.3 Å². The average molecular weight is 317 g/mol. The average Bonchev–Trinajstić information content (AvgIpc) is 2.77. The van der Waals surface area contributed by atoms with Crippen LogP contribution in [0.5, 0.6) is 0 Å². The Morgan fingerprint density at radius 1 is 1.29 bits per heavy atom. The number of hydrogen-bond donors (Lipinski definition) is 1. The van der Waals surface area contributed by atoms with Crippen molar-refractivity contribution in [2.24, 2.45) is 12.8 Å². The van der Waals surface area contributed by atoms with E-state index in [4.69, 9.17) is 19.5 Å². The Kier molecular flexibility index (Phi) is 5.50. The Morgan fingerprint density at radius 3 is 2.10 bits per heavy atom. The maximum Gasteiger partial charge on any atom is 0.265 e. The summed E-state index contributed by atoms with van der Waals surface area (Å²) in [4.78, 5) is 12.1. The van der Waals surface area contributed by atoms with Crippen molar-refractivity contribution in [3.05, 3.63) is 17.5 Å². The van der Waals surface area contributed by atoms with Crippen LogP contribution in [0, 0.1) is 0 Å². The van der Waals surface area contributed by atoms with Crippen molar-refractivity contribution in [2.75, 3.05) is 21.3 Å². The number of amides is 1. The molecule has 120 valence electrons. The minimum Gasteiger partial charge on any atom is -0.366 e. The van der Waals surface area contributed by atoms with Crippen molar-refractivity contribution in [3.8, 4) is 0 Å². The zero-order valence-electron chi connectivity index (χ0n) is 13.6. The van der Waals surface area contributed by atoms with Crippen molar-refractivity contribution in [3.63, 3.8) is 0 Å². The molecule has 1 aromatic heterocycles. The van der Waals surface area contributed by atoms with Crippen molar-refractivity contribution < 1.29 is 18.6 Å². The molecular formula is C13H24N3O4P. The highest BCUT2D eigenvalue weighted by molar-refractivity contribution is 7.49. The zero-order chi connectivity index (χ0) is 16.4. The van der Waals surface area contributed by atoms with Gasteiger partial charge in [-0.2, -0.15) is 5.10 Å². The van der Waals surface area contributed by atoms with Gasteiger partial charge in [-0.15, -0.1) is 0 Å². The number of primary amides is 1. The highest BCUT2D eigenvalue weighted by atomic mass is 31.2. The summed E-state index contributed by atoms with van der Waals surface area (Å²) >= 11 is 0. The molecule has 0 aliphatic heterocycles. The first-order valence-electron chi connectivity index (χ1n) is 6.43. The van der Waals surface area contributed by atoms with Crippen LogP contribution in [0.4, 0.5) is 0 Å². The van der Waals surface area contributed by atoms with Crippen LogP contribution < -0.4 is 5.73 Å². The lowest BCUT2D eigenvalue weighted by atomic mass is 9.91. The molecule has 1 heterocycles. The van der Waals surface area contributed by atoms with E-state index < -0.39 is 19.6 Å². The van der Waals surface area contributed by atoms with Crippen molar-refractivity contribution in [1.29, 1.82) is 0 Å². The van der Waals surface area contributed by atoms with Crippen LogP contribution in [-0.4, -0.2) is 37.0 Å². The van der Waals surface area contributed by atoms with Crippen molar-refractivity contribution in [1.82, 2.24) is 9.78 Å². The van der Waals surface area contributed by atoms with Crippen molar-refractivity contribution in [2.45, 2.75) is 31.5 Å². The van der Waals surface area contributed by atoms with E-state index in [-0.39, 0.29) is 5.41 Å². The van der Waals surface area contributed by atoms with Crippen LogP contribution in [0.1, 0.15) is 32.2 Å². The molecule has 1 rings (SSSR count). The van der Waals surface area contributed by atoms with Crippen LogP contribution >= 0.6 is 8.38 Å². The van der Waals surface area contributed by atoms with E-state index in [2.05, 4.69) is 25.9 Å². The number of carbonyl (C=O) groups excluding carboxylic acids is 1. The molecule has 7 nitrogen and oxygen atoms in total. The van der Waals surface area contributed by atoms with Gasteiger partial charge in [0.25, 0.3) is 11.2 Å². The van der Waals surface area contributed by atoms with Gasteiger partial charge in [-0.05, 0) is 6.07 Å². The molecule has 0 radical (unpaired) electrons. The van der Waals surface area contributed by atoms with E-state index in [0.717, 1.165) is 5.69 Å². The fourth-order valence-corrected chi connectivity index (χ4v) is 3.54. The fourth-order valence-electron chi connectivity index (χ4n) is 2.26. The summed E-state index contributed by atoms with van der Waals surface area (Å²) in [6.07, 6.45) is 0. The van der Waals surface area contributed by atoms with E-state index >= 15 is 0 Å². The van der Waals surface area contributed by atoms with Crippen LogP contribution in [0.15, 0.2) is 6.07 Å². The third-order valence-corrected chi connectivity index (χ3v) is 5.02. The topological polar surface area (TPSA) is 88.6 Å². The lowest BCUT2D eigenvalue weighted by Crippen LogP contribution is -2.42. The summed E-state index contributed by atoms with van der Waals surface area (Å²) in [5.41, 5.74) is 6.77. The van der Waals surface area contributed by atoms with E-state index in [1.807, 2.05) is 13.1 Å². The molecule has 2 N–H and O–H groups in total. The molecule has 8 heteroatoms. The Labute approximate surface area is 126 Å². The standard InChI is InChI=1S/C13H24N3O4P/c1-12(2,3)10-8-9(15-16(10)4)13(18-5,11(14)17)21(19-6)20-7/h8H,1-7H3,(H2,14,17). The maximum atomic E-state index is 12.1. The maximum absolute atomic E-state index is 12.1. The Morgan fingerprint density at radius 2 is 1.81 bits per heavy atom. The SMILES string of the molecule is COP(OC)C(OC)(C(N)=O)c1cc(C(C)(C)C)n(C)n1. The smallest absolute Gasteiger partial charge is 0.265 e. The number of hydrogen-bond acceptors (Lipinski definition) is 5. The zero-order valence-corrected chi connectivity index (χ0v) is 14.5. The van der Waals surface area contributed by atoms with Gasteiger partial charge in [0, 0.05) is 39.5 Å². The van der Waals surface area contributed by atoms with Gasteiger partial charge in [0.2, 0.25) is 8.38 Å². The molecule has 1 aromatic rings. The van der Waals surface area contributed by atoms with Crippen LogP contribution in [-0.2, 0) is 36.4 Å². The van der Waals surface area contributed by atoms with Gasteiger partial charge in [-0.25, -0.2) is 0 Å². The van der Waals surface area contributed by atoms with Gasteiger partial charge in [-0.1, -0.05) is 20.8 Å². The summed E-state index contributed by atoms with van der Waals surface area (Å²) < 4.78 is 17.7. The first kappa shape index (κ1) is 18.0. The molecule has 1 unspecified atom stereocenters. The molecule has 0 aliphatic carbocycles. The van der Waals surface area contributed by atoms with E-state index in [0.29, 0.717) is 5.69 Å². The van der Waals surface area contributed by atoms with E-state index in [1.54, 1.807) is 4.68 Å². The molecule has 1 amide bonds. The lowest BCUT2D eigenvalue weighted by Gasteiger charge is -2.31. The quantitative estimate of drug-likeness (QED) is 0.805. The summed E-state index contributed by atoms with van der Waals surface area (Å²) in [5.74, 6) is -0.696. The summed E-state index contributed by atoms with van der Waals surface area (Å²) in [5, 5.41) is 2.86. The molecule has 1 atom stereocenters. The number of nitrogens with two attached hydrogens (primary N) is 1. The van der Waals surface area contributed by atoms with Crippen LogP contribution in [0.2, 0.25) is 0 Å².